The molecule has 1 N–H and O–H groups in total. The maximum atomic E-state index is 12.8. The zero-order valence-corrected chi connectivity index (χ0v) is 15.1. The Bertz CT molecular complexity index is 908. The molecule has 1 aliphatic rings. The molecule has 3 rings (SSSR count). The van der Waals surface area contributed by atoms with Crippen LogP contribution in [-0.2, 0) is 10.0 Å². The lowest BCUT2D eigenvalue weighted by atomic mass is 10.1. The molecule has 0 aromatic carbocycles. The lowest BCUT2D eigenvalue weighted by Crippen LogP contribution is -2.33. The third kappa shape index (κ3) is 3.37. The van der Waals surface area contributed by atoms with Gasteiger partial charge >= 0.3 is 0 Å². The first-order valence-corrected chi connectivity index (χ1v) is 9.47. The average Bonchev–Trinajstić information content (AvgIpc) is 3.10. The summed E-state index contributed by atoms with van der Waals surface area (Å²) >= 11 is 0. The molecule has 9 nitrogen and oxygen atoms in total. The Morgan fingerprint density at radius 3 is 2.76 bits per heavy atom. The molecule has 0 unspecified atom stereocenters. The Labute approximate surface area is 145 Å². The van der Waals surface area contributed by atoms with Crippen LogP contribution in [0, 0.1) is 12.8 Å². The van der Waals surface area contributed by atoms with E-state index in [9.17, 15) is 18.3 Å². The molecule has 0 radical (unpaired) electrons. The van der Waals surface area contributed by atoms with Gasteiger partial charge in [-0.2, -0.15) is 5.10 Å². The third-order valence-electron chi connectivity index (χ3n) is 4.39. The normalized spacial score (nSPS) is 21.4. The van der Waals surface area contributed by atoms with Gasteiger partial charge in [-0.15, -0.1) is 0 Å². The van der Waals surface area contributed by atoms with Crippen LogP contribution in [0.15, 0.2) is 18.6 Å². The van der Waals surface area contributed by atoms with Crippen molar-refractivity contribution >= 4 is 21.6 Å². The van der Waals surface area contributed by atoms with Crippen molar-refractivity contribution in [3.05, 3.63) is 29.7 Å². The second-order valence-electron chi connectivity index (χ2n) is 6.56. The lowest BCUT2D eigenvalue weighted by molar-refractivity contribution is 0.0766. The number of aromatic nitrogens is 3. The number of aryl methyl sites for hydroxylation is 1. The Balaban J connectivity index is 1.79. The summed E-state index contributed by atoms with van der Waals surface area (Å²) in [6.07, 6.45) is 3.99. The minimum atomic E-state index is -3.45. The molecule has 0 aliphatic carbocycles. The quantitative estimate of drug-likeness (QED) is 0.770. The molecule has 1 fully saturated rings. The summed E-state index contributed by atoms with van der Waals surface area (Å²) in [6, 6.07) is 0. The highest BCUT2D eigenvalue weighted by molar-refractivity contribution is 7.89. The molecule has 0 spiro atoms. The summed E-state index contributed by atoms with van der Waals surface area (Å²) in [5.41, 5.74) is 1.69. The van der Waals surface area contributed by atoms with Crippen LogP contribution in [0.3, 0.4) is 0 Å². The summed E-state index contributed by atoms with van der Waals surface area (Å²) < 4.78 is 26.7. The van der Waals surface area contributed by atoms with Crippen molar-refractivity contribution in [1.82, 2.24) is 23.8 Å². The summed E-state index contributed by atoms with van der Waals surface area (Å²) in [6.45, 7) is 2.15. The van der Waals surface area contributed by atoms with Crippen molar-refractivity contribution in [1.29, 1.82) is 0 Å². The number of amides is 1. The zero-order valence-electron chi connectivity index (χ0n) is 14.3. The molecule has 1 saturated heterocycles. The molecule has 2 aromatic rings. The largest absolute Gasteiger partial charge is 0.391 e. The van der Waals surface area contributed by atoms with Gasteiger partial charge < -0.3 is 10.0 Å². The Hall–Kier alpha value is -2.04. The SMILES string of the molecule is Cc1cnc2c(C(=O)N3C[C@@H](CS(=O)(=O)N(C)C)[C@@H](O)C3)cnn2c1. The standard InChI is InChI=1S/C15H21N5O4S/c1-10-4-16-14-12(5-17-20(14)6-10)15(22)19-7-11(13(21)8-19)9-25(23,24)18(2)3/h4-6,11,13,21H,7-9H2,1-3H3/t11-,13-/m0/s1. The number of rotatable bonds is 4. The van der Waals surface area contributed by atoms with E-state index in [1.54, 1.807) is 12.4 Å². The van der Waals surface area contributed by atoms with E-state index in [2.05, 4.69) is 10.1 Å². The number of carbonyl (C=O) groups is 1. The fourth-order valence-corrected chi connectivity index (χ4v) is 4.06. The summed E-state index contributed by atoms with van der Waals surface area (Å²) in [5.74, 6) is -1.03. The van der Waals surface area contributed by atoms with Gasteiger partial charge in [0.1, 0.15) is 5.56 Å². The first kappa shape index (κ1) is 17.8. The average molecular weight is 367 g/mol. The van der Waals surface area contributed by atoms with Crippen LogP contribution in [0.5, 0.6) is 0 Å². The van der Waals surface area contributed by atoms with E-state index in [4.69, 9.17) is 0 Å². The molecule has 136 valence electrons. The van der Waals surface area contributed by atoms with Gasteiger partial charge in [-0.05, 0) is 12.5 Å². The van der Waals surface area contributed by atoms with E-state index in [1.165, 1.54) is 29.7 Å². The first-order chi connectivity index (χ1) is 11.7. The molecular formula is C15H21N5O4S. The number of aliphatic hydroxyl groups excluding tert-OH is 1. The van der Waals surface area contributed by atoms with Crippen LogP contribution in [0.2, 0.25) is 0 Å². The minimum Gasteiger partial charge on any atom is -0.391 e. The zero-order chi connectivity index (χ0) is 18.4. The van der Waals surface area contributed by atoms with Crippen molar-refractivity contribution in [3.8, 4) is 0 Å². The Morgan fingerprint density at radius 2 is 2.08 bits per heavy atom. The minimum absolute atomic E-state index is 0.0929. The van der Waals surface area contributed by atoms with Crippen LogP contribution < -0.4 is 0 Å². The Morgan fingerprint density at radius 1 is 1.36 bits per heavy atom. The van der Waals surface area contributed by atoms with Gasteiger partial charge in [-0.25, -0.2) is 22.2 Å². The number of sulfonamides is 1. The smallest absolute Gasteiger partial charge is 0.259 e. The van der Waals surface area contributed by atoms with Crippen LogP contribution in [0.25, 0.3) is 5.65 Å². The van der Waals surface area contributed by atoms with Gasteiger partial charge in [-0.1, -0.05) is 0 Å². The highest BCUT2D eigenvalue weighted by Gasteiger charge is 2.38. The predicted molar refractivity (Wildman–Crippen MR) is 90.6 cm³/mol. The maximum Gasteiger partial charge on any atom is 0.259 e. The fourth-order valence-electron chi connectivity index (χ4n) is 2.89. The molecule has 1 amide bonds. The van der Waals surface area contributed by atoms with E-state index in [0.29, 0.717) is 11.2 Å². The van der Waals surface area contributed by atoms with Gasteiger partial charge in [-0.3, -0.25) is 4.79 Å². The Kier molecular flexibility index (Phi) is 4.52. The van der Waals surface area contributed by atoms with Crippen molar-refractivity contribution in [2.45, 2.75) is 13.0 Å². The summed E-state index contributed by atoms with van der Waals surface area (Å²) in [4.78, 5) is 18.5. The lowest BCUT2D eigenvalue weighted by Gasteiger charge is -2.17. The van der Waals surface area contributed by atoms with Crippen molar-refractivity contribution in [3.63, 3.8) is 0 Å². The number of hydrogen-bond acceptors (Lipinski definition) is 6. The van der Waals surface area contributed by atoms with E-state index in [-0.39, 0.29) is 24.7 Å². The maximum absolute atomic E-state index is 12.8. The molecule has 2 atom stereocenters. The molecule has 3 heterocycles. The fraction of sp³-hybridized carbons (Fsp3) is 0.533. The number of likely N-dealkylation sites (tertiary alicyclic amines) is 1. The topological polar surface area (TPSA) is 108 Å². The number of aliphatic hydroxyl groups is 1. The van der Waals surface area contributed by atoms with Gasteiger partial charge in [0.05, 0.1) is 18.1 Å². The number of hydrogen-bond donors (Lipinski definition) is 1. The number of nitrogens with zero attached hydrogens (tertiary/aromatic N) is 5. The molecule has 0 saturated carbocycles. The monoisotopic (exact) mass is 367 g/mol. The summed E-state index contributed by atoms with van der Waals surface area (Å²) in [5, 5.41) is 14.3. The summed E-state index contributed by atoms with van der Waals surface area (Å²) in [7, 11) is -0.549. The van der Waals surface area contributed by atoms with Gasteiger partial charge in [0.25, 0.3) is 5.91 Å². The second kappa shape index (κ2) is 6.36. The molecular weight excluding hydrogens is 346 g/mol. The number of fused-ring (bicyclic) bond motifs is 1. The van der Waals surface area contributed by atoms with Crippen LogP contribution in [-0.4, -0.2) is 82.3 Å². The van der Waals surface area contributed by atoms with E-state index in [0.717, 1.165) is 9.87 Å². The van der Waals surface area contributed by atoms with Gasteiger partial charge in [0, 0.05) is 45.5 Å². The van der Waals surface area contributed by atoms with Gasteiger partial charge in [0.15, 0.2) is 5.65 Å². The molecule has 10 heteroatoms. The van der Waals surface area contributed by atoms with Crippen LogP contribution in [0.4, 0.5) is 0 Å². The molecule has 2 aromatic heterocycles. The number of carbonyl (C=O) groups excluding carboxylic acids is 1. The van der Waals surface area contributed by atoms with Gasteiger partial charge in [0.2, 0.25) is 10.0 Å². The van der Waals surface area contributed by atoms with E-state index in [1.807, 2.05) is 6.92 Å². The van der Waals surface area contributed by atoms with Crippen molar-refractivity contribution < 1.29 is 18.3 Å². The molecule has 25 heavy (non-hydrogen) atoms. The third-order valence-corrected chi connectivity index (χ3v) is 6.35. The molecule has 0 bridgehead atoms. The highest BCUT2D eigenvalue weighted by atomic mass is 32.2. The van der Waals surface area contributed by atoms with E-state index >= 15 is 0 Å². The van der Waals surface area contributed by atoms with Crippen LogP contribution in [0.1, 0.15) is 15.9 Å². The highest BCUT2D eigenvalue weighted by Crippen LogP contribution is 2.22. The van der Waals surface area contributed by atoms with E-state index < -0.39 is 22.0 Å². The predicted octanol–water partition coefficient (Wildman–Crippen LogP) is -0.638. The first-order valence-electron chi connectivity index (χ1n) is 7.86. The van der Waals surface area contributed by atoms with Crippen molar-refractivity contribution in [2.75, 3.05) is 32.9 Å². The number of β-amino-alcohol motifs (C(OH)–C–C–N with tert-alkyl or cyclic N) is 1. The second-order valence-corrected chi connectivity index (χ2v) is 8.78. The van der Waals surface area contributed by atoms with Crippen LogP contribution >= 0.6 is 0 Å². The van der Waals surface area contributed by atoms with Crippen molar-refractivity contribution in [2.24, 2.45) is 5.92 Å². The molecule has 1 aliphatic heterocycles.